The van der Waals surface area contributed by atoms with Crippen molar-refractivity contribution in [1.82, 2.24) is 10.2 Å². The Morgan fingerprint density at radius 1 is 0.814 bits per heavy atom. The number of rotatable bonds is 10. The Labute approximate surface area is 253 Å². The van der Waals surface area contributed by atoms with Gasteiger partial charge in [0.05, 0.1) is 25.5 Å². The minimum absolute atomic E-state index is 0.230. The molecule has 0 saturated heterocycles. The van der Waals surface area contributed by atoms with Gasteiger partial charge in [0.1, 0.15) is 0 Å². The van der Waals surface area contributed by atoms with Crippen molar-refractivity contribution in [2.75, 3.05) is 39.2 Å². The van der Waals surface area contributed by atoms with Gasteiger partial charge in [-0.1, -0.05) is 62.4 Å². The zero-order valence-electron chi connectivity index (χ0n) is 25.3. The third-order valence-electron chi connectivity index (χ3n) is 7.97. The lowest BCUT2D eigenvalue weighted by Crippen LogP contribution is -2.38. The van der Waals surface area contributed by atoms with Crippen LogP contribution in [0.25, 0.3) is 11.1 Å². The summed E-state index contributed by atoms with van der Waals surface area (Å²) in [6, 6.07) is 27.2. The lowest BCUT2D eigenvalue weighted by atomic mass is 9.99. The quantitative estimate of drug-likeness (QED) is 0.224. The normalized spacial score (nSPS) is 12.9. The maximum absolute atomic E-state index is 13.6. The second-order valence-electron chi connectivity index (χ2n) is 11.1. The van der Waals surface area contributed by atoms with Gasteiger partial charge in [0.25, 0.3) is 11.8 Å². The number of methoxy groups -OCH3 is 2. The molecule has 1 aliphatic heterocycles. The predicted octanol–water partition coefficient (Wildman–Crippen LogP) is 6.53. The molecule has 7 heteroatoms. The fourth-order valence-corrected chi connectivity index (χ4v) is 5.42. The van der Waals surface area contributed by atoms with Gasteiger partial charge in [0, 0.05) is 31.7 Å². The molecule has 0 unspecified atom stereocenters. The van der Waals surface area contributed by atoms with Crippen LogP contribution in [0.4, 0.5) is 5.69 Å². The Morgan fingerprint density at radius 2 is 1.51 bits per heavy atom. The van der Waals surface area contributed by atoms with Crippen LogP contribution in [0.1, 0.15) is 57.2 Å². The van der Waals surface area contributed by atoms with Crippen LogP contribution in [0.15, 0.2) is 84.9 Å². The van der Waals surface area contributed by atoms with E-state index >= 15 is 0 Å². The van der Waals surface area contributed by atoms with Crippen molar-refractivity contribution in [3.8, 4) is 22.6 Å². The van der Waals surface area contributed by atoms with E-state index in [0.717, 1.165) is 42.1 Å². The number of nitrogens with zero attached hydrogens (tertiary/aromatic N) is 1. The number of benzene rings is 4. The maximum Gasteiger partial charge on any atom is 0.255 e. The number of ether oxygens (including phenoxy) is 2. The molecule has 0 fully saturated rings. The lowest BCUT2D eigenvalue weighted by molar-refractivity contribution is 0.0948. The van der Waals surface area contributed by atoms with E-state index in [4.69, 9.17) is 9.47 Å². The first-order chi connectivity index (χ1) is 20.9. The molecule has 1 heterocycles. The molecule has 7 nitrogen and oxygen atoms in total. The average Bonchev–Trinajstić information content (AvgIpc) is 3.04. The van der Waals surface area contributed by atoms with E-state index in [0.29, 0.717) is 35.8 Å². The molecule has 0 spiro atoms. The van der Waals surface area contributed by atoms with E-state index in [1.54, 1.807) is 20.3 Å². The highest BCUT2D eigenvalue weighted by Gasteiger charge is 2.21. The Kier molecular flexibility index (Phi) is 9.42. The standard InChI is InChI=1S/C36H39N3O4/c1-24(2)25-10-12-27(13-11-25)35(40)38-32-15-14-28(26-8-6-5-7-9-26)20-31(32)36(41)37-17-19-39-18-16-29-21-33(42-3)34(43-4)22-30(29)23-39/h5-15,20-22,24H,16-19,23H2,1-4H3,(H,37,41)(H,38,40). The van der Waals surface area contributed by atoms with Crippen LogP contribution in [0.3, 0.4) is 0 Å². The molecule has 0 aromatic heterocycles. The lowest BCUT2D eigenvalue weighted by Gasteiger charge is -2.29. The molecule has 1 aliphatic rings. The smallest absolute Gasteiger partial charge is 0.255 e. The van der Waals surface area contributed by atoms with E-state index in [1.807, 2.05) is 72.8 Å². The third kappa shape index (κ3) is 7.07. The van der Waals surface area contributed by atoms with E-state index in [9.17, 15) is 9.59 Å². The van der Waals surface area contributed by atoms with Crippen LogP contribution in [-0.2, 0) is 13.0 Å². The molecule has 2 amide bonds. The summed E-state index contributed by atoms with van der Waals surface area (Å²) in [7, 11) is 3.30. The van der Waals surface area contributed by atoms with E-state index < -0.39 is 0 Å². The number of hydrogen-bond acceptors (Lipinski definition) is 5. The topological polar surface area (TPSA) is 79.9 Å². The van der Waals surface area contributed by atoms with Gasteiger partial charge in [0.15, 0.2) is 11.5 Å². The van der Waals surface area contributed by atoms with Crippen molar-refractivity contribution in [2.45, 2.75) is 32.7 Å². The number of amides is 2. The minimum Gasteiger partial charge on any atom is -0.493 e. The number of anilines is 1. The molecular formula is C36H39N3O4. The fraction of sp³-hybridized carbons (Fsp3) is 0.278. The summed E-state index contributed by atoms with van der Waals surface area (Å²) in [5.74, 6) is 1.36. The monoisotopic (exact) mass is 577 g/mol. The van der Waals surface area contributed by atoms with Crippen molar-refractivity contribution in [2.24, 2.45) is 0 Å². The molecule has 0 atom stereocenters. The van der Waals surface area contributed by atoms with Gasteiger partial charge in [0.2, 0.25) is 0 Å². The molecule has 222 valence electrons. The summed E-state index contributed by atoms with van der Waals surface area (Å²) in [6.07, 6.45) is 0.900. The molecule has 5 rings (SSSR count). The van der Waals surface area contributed by atoms with Gasteiger partial charge in [-0.3, -0.25) is 14.5 Å². The van der Waals surface area contributed by atoms with Crippen molar-refractivity contribution in [3.63, 3.8) is 0 Å². The summed E-state index contributed by atoms with van der Waals surface area (Å²) in [5.41, 5.74) is 6.98. The zero-order valence-corrected chi connectivity index (χ0v) is 25.3. The summed E-state index contributed by atoms with van der Waals surface area (Å²) in [4.78, 5) is 29.1. The van der Waals surface area contributed by atoms with Gasteiger partial charge in [-0.25, -0.2) is 0 Å². The van der Waals surface area contributed by atoms with Gasteiger partial charge in [-0.2, -0.15) is 0 Å². The van der Waals surface area contributed by atoms with Crippen molar-refractivity contribution < 1.29 is 19.1 Å². The SMILES string of the molecule is COc1cc2c(cc1OC)CN(CCNC(=O)c1cc(-c3ccccc3)ccc1NC(=O)c1ccc(C(C)C)cc1)CC2. The van der Waals surface area contributed by atoms with Gasteiger partial charge >= 0.3 is 0 Å². The molecular weight excluding hydrogens is 538 g/mol. The maximum atomic E-state index is 13.6. The van der Waals surface area contributed by atoms with E-state index in [2.05, 4.69) is 35.4 Å². The summed E-state index contributed by atoms with van der Waals surface area (Å²) in [6.45, 7) is 7.06. The van der Waals surface area contributed by atoms with Gasteiger partial charge in [-0.05, 0) is 76.6 Å². The first kappa shape index (κ1) is 29.9. The van der Waals surface area contributed by atoms with Crippen LogP contribution < -0.4 is 20.1 Å². The number of hydrogen-bond donors (Lipinski definition) is 2. The number of carbonyl (C=O) groups excluding carboxylic acids is 2. The Bertz CT molecular complexity index is 1580. The zero-order chi connectivity index (χ0) is 30.3. The Hall–Kier alpha value is -4.62. The van der Waals surface area contributed by atoms with Crippen LogP contribution in [-0.4, -0.2) is 50.6 Å². The Balaban J connectivity index is 1.29. The highest BCUT2D eigenvalue weighted by atomic mass is 16.5. The highest BCUT2D eigenvalue weighted by Crippen LogP contribution is 2.33. The predicted molar refractivity (Wildman–Crippen MR) is 171 cm³/mol. The van der Waals surface area contributed by atoms with Gasteiger partial charge in [-0.15, -0.1) is 0 Å². The van der Waals surface area contributed by atoms with Crippen LogP contribution in [0, 0.1) is 0 Å². The van der Waals surface area contributed by atoms with Crippen molar-refractivity contribution in [3.05, 3.63) is 113 Å². The average molecular weight is 578 g/mol. The second kappa shape index (κ2) is 13.6. The minimum atomic E-state index is -0.254. The molecule has 2 N–H and O–H groups in total. The van der Waals surface area contributed by atoms with Crippen molar-refractivity contribution >= 4 is 17.5 Å². The molecule has 4 aromatic rings. The molecule has 0 radical (unpaired) electrons. The first-order valence-corrected chi connectivity index (χ1v) is 14.7. The molecule has 0 bridgehead atoms. The van der Waals surface area contributed by atoms with Crippen LogP contribution in [0.5, 0.6) is 11.5 Å². The second-order valence-corrected chi connectivity index (χ2v) is 11.1. The summed E-state index contributed by atoms with van der Waals surface area (Å²) in [5, 5.41) is 6.06. The first-order valence-electron chi connectivity index (χ1n) is 14.7. The van der Waals surface area contributed by atoms with Gasteiger partial charge < -0.3 is 20.1 Å². The third-order valence-corrected chi connectivity index (χ3v) is 7.97. The highest BCUT2D eigenvalue weighted by molar-refractivity contribution is 6.09. The summed E-state index contributed by atoms with van der Waals surface area (Å²) < 4.78 is 11.0. The summed E-state index contributed by atoms with van der Waals surface area (Å²) >= 11 is 0. The largest absolute Gasteiger partial charge is 0.493 e. The van der Waals surface area contributed by atoms with Crippen LogP contribution >= 0.6 is 0 Å². The Morgan fingerprint density at radius 3 is 2.19 bits per heavy atom. The molecule has 43 heavy (non-hydrogen) atoms. The fourth-order valence-electron chi connectivity index (χ4n) is 5.42. The molecule has 0 aliphatic carbocycles. The van der Waals surface area contributed by atoms with Crippen LogP contribution in [0.2, 0.25) is 0 Å². The number of carbonyl (C=O) groups is 2. The molecule has 4 aromatic carbocycles. The van der Waals surface area contributed by atoms with E-state index in [1.165, 1.54) is 16.7 Å². The number of nitrogens with one attached hydrogen (secondary N) is 2. The van der Waals surface area contributed by atoms with E-state index in [-0.39, 0.29) is 11.8 Å². The number of fused-ring (bicyclic) bond motifs is 1. The molecule has 0 saturated carbocycles. The van der Waals surface area contributed by atoms with Crippen molar-refractivity contribution in [1.29, 1.82) is 0 Å².